The summed E-state index contributed by atoms with van der Waals surface area (Å²) in [6, 6.07) is 15.7. The molecule has 39 heavy (non-hydrogen) atoms. The largest absolute Gasteiger partial charge is 0.490 e. The van der Waals surface area contributed by atoms with Crippen LogP contribution in [-0.2, 0) is 11.4 Å². The molecule has 3 aromatic carbocycles. The van der Waals surface area contributed by atoms with E-state index in [2.05, 4.69) is 20.9 Å². The van der Waals surface area contributed by atoms with Crippen LogP contribution in [0.4, 0.5) is 11.4 Å². The van der Waals surface area contributed by atoms with Gasteiger partial charge in [0.25, 0.3) is 11.6 Å². The van der Waals surface area contributed by atoms with Gasteiger partial charge >= 0.3 is 5.97 Å². The molecule has 1 aliphatic heterocycles. The van der Waals surface area contributed by atoms with E-state index in [0.29, 0.717) is 43.9 Å². The van der Waals surface area contributed by atoms with Crippen molar-refractivity contribution in [2.45, 2.75) is 13.5 Å². The fourth-order valence-corrected chi connectivity index (χ4v) is 5.10. The number of amides is 1. The molecule has 1 saturated heterocycles. The number of non-ortho nitro benzene ring substituents is 1. The molecule has 0 bridgehead atoms. The second-order valence-corrected chi connectivity index (χ2v) is 10.1. The highest BCUT2D eigenvalue weighted by Gasteiger charge is 2.30. The number of carbonyl (C=O) groups is 2. The summed E-state index contributed by atoms with van der Waals surface area (Å²) in [4.78, 5) is 40.8. The van der Waals surface area contributed by atoms with Crippen LogP contribution in [-0.4, -0.2) is 45.6 Å². The van der Waals surface area contributed by atoms with Gasteiger partial charge in [-0.05, 0) is 100 Å². The molecule has 1 fully saturated rings. The molecule has 1 amide bonds. The first-order valence-electron chi connectivity index (χ1n) is 11.6. The van der Waals surface area contributed by atoms with E-state index in [4.69, 9.17) is 14.6 Å². The van der Waals surface area contributed by atoms with Crippen molar-refractivity contribution in [3.63, 3.8) is 0 Å². The molecule has 1 N–H and O–H groups in total. The van der Waals surface area contributed by atoms with Crippen LogP contribution in [0.15, 0.2) is 75.0 Å². The van der Waals surface area contributed by atoms with Gasteiger partial charge in [0.1, 0.15) is 6.61 Å². The van der Waals surface area contributed by atoms with Crippen LogP contribution in [0.25, 0.3) is 6.08 Å². The standard InChI is InChI=1S/C27H22BrN3O7S/c1-3-37-22-13-17(12-21(28)24(22)38-15-16-4-10-20(11-5-16)31(35)36)14-23-25(32)30(2)27(39-23)29-19-8-6-18(7-9-19)26(33)34/h4-14H,3,15H2,1-2H3,(H,33,34). The predicted octanol–water partition coefficient (Wildman–Crippen LogP) is 6.27. The topological polar surface area (TPSA) is 132 Å². The minimum Gasteiger partial charge on any atom is -0.490 e. The maximum atomic E-state index is 12.9. The number of amidine groups is 1. The van der Waals surface area contributed by atoms with E-state index in [1.54, 1.807) is 49.5 Å². The van der Waals surface area contributed by atoms with Crippen LogP contribution < -0.4 is 9.47 Å². The Bertz CT molecular complexity index is 1490. The van der Waals surface area contributed by atoms with Crippen LogP contribution in [0.3, 0.4) is 0 Å². The van der Waals surface area contributed by atoms with E-state index in [0.717, 1.165) is 5.56 Å². The van der Waals surface area contributed by atoms with Gasteiger partial charge in [-0.1, -0.05) is 0 Å². The van der Waals surface area contributed by atoms with Crippen molar-refractivity contribution < 1.29 is 29.1 Å². The molecule has 0 unspecified atom stereocenters. The van der Waals surface area contributed by atoms with E-state index in [1.807, 2.05) is 6.92 Å². The molecule has 0 aliphatic carbocycles. The molecule has 0 spiro atoms. The van der Waals surface area contributed by atoms with Crippen molar-refractivity contribution >= 4 is 62.2 Å². The van der Waals surface area contributed by atoms with Gasteiger partial charge in [0, 0.05) is 19.2 Å². The molecular weight excluding hydrogens is 590 g/mol. The van der Waals surface area contributed by atoms with E-state index in [-0.39, 0.29) is 23.8 Å². The first-order chi connectivity index (χ1) is 18.7. The number of aromatic carboxylic acids is 1. The number of carbonyl (C=O) groups excluding carboxylic acids is 1. The first kappa shape index (κ1) is 27.9. The average molecular weight is 612 g/mol. The Labute approximate surface area is 236 Å². The number of nitrogens with zero attached hydrogens (tertiary/aromatic N) is 3. The smallest absolute Gasteiger partial charge is 0.335 e. The lowest BCUT2D eigenvalue weighted by Gasteiger charge is -2.15. The van der Waals surface area contributed by atoms with Gasteiger partial charge in [-0.2, -0.15) is 0 Å². The highest BCUT2D eigenvalue weighted by atomic mass is 79.9. The molecule has 0 saturated carbocycles. The van der Waals surface area contributed by atoms with Crippen molar-refractivity contribution in [3.05, 3.63) is 96.8 Å². The Hall–Kier alpha value is -4.16. The van der Waals surface area contributed by atoms with Crippen LogP contribution in [0, 0.1) is 10.1 Å². The number of halogens is 1. The lowest BCUT2D eigenvalue weighted by atomic mass is 10.1. The van der Waals surface area contributed by atoms with Crippen molar-refractivity contribution in [2.75, 3.05) is 13.7 Å². The van der Waals surface area contributed by atoms with Crippen molar-refractivity contribution in [1.82, 2.24) is 4.90 Å². The van der Waals surface area contributed by atoms with E-state index in [9.17, 15) is 19.7 Å². The maximum absolute atomic E-state index is 12.9. The SMILES string of the molecule is CCOc1cc(C=C2SC(=Nc3ccc(C(=O)O)cc3)N(C)C2=O)cc(Br)c1OCc1ccc([N+](=O)[O-])cc1. The summed E-state index contributed by atoms with van der Waals surface area (Å²) in [5.41, 5.74) is 2.13. The van der Waals surface area contributed by atoms with Crippen molar-refractivity contribution in [3.8, 4) is 11.5 Å². The van der Waals surface area contributed by atoms with E-state index in [1.165, 1.54) is 40.9 Å². The van der Waals surface area contributed by atoms with Gasteiger partial charge in [0.15, 0.2) is 16.7 Å². The molecule has 1 heterocycles. The van der Waals surface area contributed by atoms with E-state index >= 15 is 0 Å². The van der Waals surface area contributed by atoms with Crippen molar-refractivity contribution in [2.24, 2.45) is 4.99 Å². The van der Waals surface area contributed by atoms with Crippen LogP contribution in [0.2, 0.25) is 0 Å². The van der Waals surface area contributed by atoms with Gasteiger partial charge in [0.05, 0.1) is 32.2 Å². The minimum atomic E-state index is -1.03. The number of nitro groups is 1. The molecule has 4 rings (SSSR count). The summed E-state index contributed by atoms with van der Waals surface area (Å²) >= 11 is 4.73. The second kappa shape index (κ2) is 12.1. The summed E-state index contributed by atoms with van der Waals surface area (Å²) in [5, 5.41) is 20.4. The number of nitro benzene ring substituents is 1. The van der Waals surface area contributed by atoms with Gasteiger partial charge in [-0.3, -0.25) is 19.8 Å². The molecule has 200 valence electrons. The summed E-state index contributed by atoms with van der Waals surface area (Å²) in [5.74, 6) is -0.320. The summed E-state index contributed by atoms with van der Waals surface area (Å²) in [7, 11) is 1.62. The molecule has 12 heteroatoms. The molecule has 0 atom stereocenters. The molecule has 3 aromatic rings. The van der Waals surface area contributed by atoms with Gasteiger partial charge in [0.2, 0.25) is 0 Å². The monoisotopic (exact) mass is 611 g/mol. The fraction of sp³-hybridized carbons (Fsp3) is 0.148. The van der Waals surface area contributed by atoms with Gasteiger partial charge in [-0.15, -0.1) is 0 Å². The fourth-order valence-electron chi connectivity index (χ4n) is 3.54. The molecule has 0 aromatic heterocycles. The molecular formula is C27H22BrN3O7S. The summed E-state index contributed by atoms with van der Waals surface area (Å²) in [6.07, 6.45) is 1.73. The Morgan fingerprint density at radius 1 is 1.15 bits per heavy atom. The van der Waals surface area contributed by atoms with Crippen LogP contribution >= 0.6 is 27.7 Å². The number of hydrogen-bond donors (Lipinski definition) is 1. The third-order valence-corrected chi connectivity index (χ3v) is 7.15. The zero-order chi connectivity index (χ0) is 28.1. The number of ether oxygens (including phenoxy) is 2. The number of rotatable bonds is 9. The Morgan fingerprint density at radius 2 is 1.85 bits per heavy atom. The highest BCUT2D eigenvalue weighted by molar-refractivity contribution is 9.10. The number of likely N-dealkylation sites (N-methyl/N-ethyl adjacent to an activating group) is 1. The number of thioether (sulfide) groups is 1. The highest BCUT2D eigenvalue weighted by Crippen LogP contribution is 2.40. The maximum Gasteiger partial charge on any atom is 0.335 e. The Balaban J connectivity index is 1.55. The lowest BCUT2D eigenvalue weighted by Crippen LogP contribution is -2.23. The predicted molar refractivity (Wildman–Crippen MR) is 152 cm³/mol. The Kier molecular flexibility index (Phi) is 8.67. The zero-order valence-electron chi connectivity index (χ0n) is 20.8. The van der Waals surface area contributed by atoms with Crippen LogP contribution in [0.5, 0.6) is 11.5 Å². The number of hydrogen-bond acceptors (Lipinski definition) is 8. The number of benzene rings is 3. The average Bonchev–Trinajstić information content (AvgIpc) is 3.16. The number of carboxylic acids is 1. The molecule has 0 radical (unpaired) electrons. The number of carboxylic acid groups (broad SMARTS) is 1. The van der Waals surface area contributed by atoms with Gasteiger partial charge < -0.3 is 14.6 Å². The quantitative estimate of drug-likeness (QED) is 0.170. The Morgan fingerprint density at radius 3 is 2.46 bits per heavy atom. The van der Waals surface area contributed by atoms with E-state index < -0.39 is 10.9 Å². The van der Waals surface area contributed by atoms with Crippen LogP contribution in [0.1, 0.15) is 28.4 Å². The first-order valence-corrected chi connectivity index (χ1v) is 13.2. The molecule has 10 nitrogen and oxygen atoms in total. The zero-order valence-corrected chi connectivity index (χ0v) is 23.2. The normalized spacial score (nSPS) is 15.2. The summed E-state index contributed by atoms with van der Waals surface area (Å²) < 4.78 is 12.4. The lowest BCUT2D eigenvalue weighted by molar-refractivity contribution is -0.384. The minimum absolute atomic E-state index is 0.00148. The third kappa shape index (κ3) is 6.65. The van der Waals surface area contributed by atoms with Crippen molar-refractivity contribution in [1.29, 1.82) is 0 Å². The second-order valence-electron chi connectivity index (χ2n) is 8.20. The number of aliphatic imine (C=N–C) groups is 1. The molecule has 1 aliphatic rings. The third-order valence-electron chi connectivity index (χ3n) is 5.50. The summed E-state index contributed by atoms with van der Waals surface area (Å²) in [6.45, 7) is 2.40. The van der Waals surface area contributed by atoms with Gasteiger partial charge in [-0.25, -0.2) is 9.79 Å².